The molecule has 0 aliphatic carbocycles. The van der Waals surface area contributed by atoms with Crippen LogP contribution in [0.1, 0.15) is 43.4 Å². The number of carbonyl (C=O) groups excluding carboxylic acids is 2. The summed E-state index contributed by atoms with van der Waals surface area (Å²) in [5.41, 5.74) is 1.06. The maximum atomic E-state index is 12.6. The van der Waals surface area contributed by atoms with Gasteiger partial charge in [-0.3, -0.25) is 9.59 Å². The van der Waals surface area contributed by atoms with E-state index in [-0.39, 0.29) is 17.7 Å². The predicted octanol–water partition coefficient (Wildman–Crippen LogP) is 3.84. The van der Waals surface area contributed by atoms with Crippen LogP contribution in [0.2, 0.25) is 0 Å². The highest BCUT2D eigenvalue weighted by Gasteiger charge is 2.24. The van der Waals surface area contributed by atoms with E-state index in [1.807, 2.05) is 48.2 Å². The molecular weight excluding hydrogens is 352 g/mol. The Morgan fingerprint density at radius 3 is 2.57 bits per heavy atom. The Hall–Kier alpha value is -2.82. The van der Waals surface area contributed by atoms with E-state index in [0.717, 1.165) is 37.9 Å². The number of rotatable bonds is 7. The molecule has 3 rings (SSSR count). The normalized spacial score (nSPS) is 16.2. The Labute approximate surface area is 166 Å². The van der Waals surface area contributed by atoms with Crippen LogP contribution in [0.4, 0.5) is 0 Å². The summed E-state index contributed by atoms with van der Waals surface area (Å²) >= 11 is 0. The lowest BCUT2D eigenvalue weighted by atomic mass is 9.94. The van der Waals surface area contributed by atoms with Crippen molar-refractivity contribution in [3.63, 3.8) is 0 Å². The molecule has 2 amide bonds. The zero-order valence-electron chi connectivity index (χ0n) is 16.3. The minimum absolute atomic E-state index is 0.00834. The van der Waals surface area contributed by atoms with Gasteiger partial charge in [0.05, 0.1) is 12.2 Å². The first-order valence-electron chi connectivity index (χ1n) is 10.0. The highest BCUT2D eigenvalue weighted by Crippen LogP contribution is 2.21. The number of furan rings is 1. The summed E-state index contributed by atoms with van der Waals surface area (Å²) in [6, 6.07) is 13.5. The smallest absolute Gasteiger partial charge is 0.246 e. The predicted molar refractivity (Wildman–Crippen MR) is 110 cm³/mol. The van der Waals surface area contributed by atoms with Crippen LogP contribution in [0.3, 0.4) is 0 Å². The zero-order valence-corrected chi connectivity index (χ0v) is 16.3. The van der Waals surface area contributed by atoms with Gasteiger partial charge in [-0.15, -0.1) is 0 Å². The summed E-state index contributed by atoms with van der Waals surface area (Å²) in [6.07, 6.45) is 7.44. The van der Waals surface area contributed by atoms with Crippen LogP contribution in [0, 0.1) is 5.92 Å². The van der Waals surface area contributed by atoms with Gasteiger partial charge in [0, 0.05) is 25.7 Å². The summed E-state index contributed by atoms with van der Waals surface area (Å²) in [5, 5.41) is 3.12. The van der Waals surface area contributed by atoms with E-state index in [0.29, 0.717) is 18.2 Å². The first kappa shape index (κ1) is 19.9. The molecule has 1 aliphatic heterocycles. The van der Waals surface area contributed by atoms with Gasteiger partial charge in [0.1, 0.15) is 5.76 Å². The molecule has 0 bridgehead atoms. The number of hydrogen-bond donors (Lipinski definition) is 1. The average Bonchev–Trinajstić information content (AvgIpc) is 3.26. The lowest BCUT2D eigenvalue weighted by molar-refractivity contribution is -0.128. The maximum Gasteiger partial charge on any atom is 0.246 e. The lowest BCUT2D eigenvalue weighted by Crippen LogP contribution is -2.41. The van der Waals surface area contributed by atoms with Gasteiger partial charge < -0.3 is 14.6 Å². The molecule has 28 heavy (non-hydrogen) atoms. The summed E-state index contributed by atoms with van der Waals surface area (Å²) in [5.74, 6) is 1.09. The van der Waals surface area contributed by atoms with Crippen LogP contribution in [0.25, 0.3) is 6.08 Å². The second-order valence-corrected chi connectivity index (χ2v) is 7.23. The Kier molecular flexibility index (Phi) is 7.06. The highest BCUT2D eigenvalue weighted by atomic mass is 16.3. The molecule has 2 heterocycles. The number of likely N-dealkylation sites (tertiary alicyclic amines) is 1. The SMILES string of the molecule is CC[C@@H](C(=O)NCC1CCN(C(=O)/C=C/c2ccco2)CC1)c1ccccc1. The molecule has 0 saturated carbocycles. The third-order valence-corrected chi connectivity index (χ3v) is 5.35. The van der Waals surface area contributed by atoms with Crippen molar-refractivity contribution in [1.29, 1.82) is 0 Å². The Bertz CT molecular complexity index is 775. The van der Waals surface area contributed by atoms with E-state index in [2.05, 4.69) is 5.32 Å². The minimum Gasteiger partial charge on any atom is -0.465 e. The molecule has 0 unspecified atom stereocenters. The van der Waals surface area contributed by atoms with Gasteiger partial charge in [0.2, 0.25) is 11.8 Å². The summed E-state index contributed by atoms with van der Waals surface area (Å²) in [6.45, 7) is 4.15. The van der Waals surface area contributed by atoms with Gasteiger partial charge in [0.15, 0.2) is 0 Å². The van der Waals surface area contributed by atoms with Crippen molar-refractivity contribution in [2.24, 2.45) is 5.92 Å². The lowest BCUT2D eigenvalue weighted by Gasteiger charge is -2.31. The van der Waals surface area contributed by atoms with E-state index in [9.17, 15) is 9.59 Å². The number of piperidine rings is 1. The monoisotopic (exact) mass is 380 g/mol. The van der Waals surface area contributed by atoms with Gasteiger partial charge in [-0.1, -0.05) is 37.3 Å². The van der Waals surface area contributed by atoms with Crippen molar-refractivity contribution in [1.82, 2.24) is 10.2 Å². The van der Waals surface area contributed by atoms with Crippen LogP contribution < -0.4 is 5.32 Å². The number of nitrogens with one attached hydrogen (secondary N) is 1. The van der Waals surface area contributed by atoms with Crippen molar-refractivity contribution in [3.05, 3.63) is 66.1 Å². The van der Waals surface area contributed by atoms with Crippen LogP contribution in [0.15, 0.2) is 59.2 Å². The van der Waals surface area contributed by atoms with E-state index < -0.39 is 0 Å². The van der Waals surface area contributed by atoms with Crippen molar-refractivity contribution in [3.8, 4) is 0 Å². The second kappa shape index (κ2) is 9.93. The molecule has 148 valence electrons. The molecule has 1 fully saturated rings. The minimum atomic E-state index is -0.102. The number of carbonyl (C=O) groups is 2. The summed E-state index contributed by atoms with van der Waals surface area (Å²) in [4.78, 5) is 26.7. The van der Waals surface area contributed by atoms with Crippen molar-refractivity contribution >= 4 is 17.9 Å². The van der Waals surface area contributed by atoms with Crippen LogP contribution >= 0.6 is 0 Å². The largest absolute Gasteiger partial charge is 0.465 e. The maximum absolute atomic E-state index is 12.6. The first-order valence-corrected chi connectivity index (χ1v) is 10.0. The van der Waals surface area contributed by atoms with E-state index in [1.165, 1.54) is 0 Å². The summed E-state index contributed by atoms with van der Waals surface area (Å²) in [7, 11) is 0. The van der Waals surface area contributed by atoms with Gasteiger partial charge in [-0.05, 0) is 49.0 Å². The molecule has 1 saturated heterocycles. The molecule has 0 radical (unpaired) electrons. The Morgan fingerprint density at radius 2 is 1.93 bits per heavy atom. The van der Waals surface area contributed by atoms with Gasteiger partial charge in [-0.2, -0.15) is 0 Å². The molecule has 1 aromatic heterocycles. The standard InChI is InChI=1S/C23H28N2O3/c1-2-21(19-7-4-3-5-8-19)23(27)24-17-18-12-14-25(15-13-18)22(26)11-10-20-9-6-16-28-20/h3-11,16,18,21H,2,12-15,17H2,1H3,(H,24,27)/b11-10+/t21-/m1/s1. The van der Waals surface area contributed by atoms with Crippen molar-refractivity contribution < 1.29 is 14.0 Å². The first-order chi connectivity index (χ1) is 13.7. The molecule has 0 spiro atoms. The quantitative estimate of drug-likeness (QED) is 0.743. The third-order valence-electron chi connectivity index (χ3n) is 5.35. The van der Waals surface area contributed by atoms with E-state index >= 15 is 0 Å². The second-order valence-electron chi connectivity index (χ2n) is 7.23. The van der Waals surface area contributed by atoms with Crippen molar-refractivity contribution in [2.75, 3.05) is 19.6 Å². The molecule has 2 aromatic rings. The molecule has 5 nitrogen and oxygen atoms in total. The molecule has 1 atom stereocenters. The fraction of sp³-hybridized carbons (Fsp3) is 0.391. The Morgan fingerprint density at radius 1 is 1.18 bits per heavy atom. The Balaban J connectivity index is 1.42. The highest BCUT2D eigenvalue weighted by molar-refractivity contribution is 5.91. The third kappa shape index (κ3) is 5.35. The van der Waals surface area contributed by atoms with Gasteiger partial charge >= 0.3 is 0 Å². The van der Waals surface area contributed by atoms with Gasteiger partial charge in [0.25, 0.3) is 0 Å². The molecular formula is C23H28N2O3. The fourth-order valence-electron chi connectivity index (χ4n) is 3.63. The van der Waals surface area contributed by atoms with Crippen molar-refractivity contribution in [2.45, 2.75) is 32.1 Å². The van der Waals surface area contributed by atoms with Gasteiger partial charge in [-0.25, -0.2) is 0 Å². The number of nitrogens with zero attached hydrogens (tertiary/aromatic N) is 1. The van der Waals surface area contributed by atoms with E-state index in [4.69, 9.17) is 4.42 Å². The van der Waals surface area contributed by atoms with E-state index in [1.54, 1.807) is 24.5 Å². The summed E-state index contributed by atoms with van der Waals surface area (Å²) < 4.78 is 5.21. The van der Waals surface area contributed by atoms with Crippen LogP contribution in [0.5, 0.6) is 0 Å². The zero-order chi connectivity index (χ0) is 19.8. The number of benzene rings is 1. The number of hydrogen-bond acceptors (Lipinski definition) is 3. The number of amides is 2. The molecule has 1 aliphatic rings. The molecule has 1 aromatic carbocycles. The molecule has 5 heteroatoms. The topological polar surface area (TPSA) is 62.6 Å². The van der Waals surface area contributed by atoms with Crippen LogP contribution in [-0.2, 0) is 9.59 Å². The average molecular weight is 380 g/mol. The van der Waals surface area contributed by atoms with Crippen LogP contribution in [-0.4, -0.2) is 36.3 Å². The fourth-order valence-corrected chi connectivity index (χ4v) is 3.63. The molecule has 1 N–H and O–H groups in total.